The van der Waals surface area contributed by atoms with Gasteiger partial charge in [-0.3, -0.25) is 4.90 Å². The highest BCUT2D eigenvalue weighted by Gasteiger charge is 2.30. The van der Waals surface area contributed by atoms with E-state index in [-0.39, 0.29) is 6.61 Å². The van der Waals surface area contributed by atoms with Crippen molar-refractivity contribution in [2.75, 3.05) is 7.05 Å². The summed E-state index contributed by atoms with van der Waals surface area (Å²) in [5, 5.41) is 0. The number of benzene rings is 1. The van der Waals surface area contributed by atoms with Crippen LogP contribution < -0.4 is 0 Å². The summed E-state index contributed by atoms with van der Waals surface area (Å²) >= 11 is 0. The van der Waals surface area contributed by atoms with Crippen molar-refractivity contribution >= 4 is 18.0 Å². The number of esters is 2. The fourth-order valence-corrected chi connectivity index (χ4v) is 1.82. The van der Waals surface area contributed by atoms with Crippen molar-refractivity contribution in [1.82, 2.24) is 4.90 Å². The molecule has 1 amide bonds. The number of carbonyl (C=O) groups is 3. The van der Waals surface area contributed by atoms with E-state index in [1.54, 1.807) is 20.8 Å². The quantitative estimate of drug-likeness (QED) is 0.569. The van der Waals surface area contributed by atoms with Gasteiger partial charge in [0.2, 0.25) is 0 Å². The van der Waals surface area contributed by atoms with Crippen LogP contribution in [0.1, 0.15) is 40.2 Å². The summed E-state index contributed by atoms with van der Waals surface area (Å²) in [5.74, 6) is -1.38. The average molecular weight is 365 g/mol. The summed E-state index contributed by atoms with van der Waals surface area (Å²) in [5.41, 5.74) is 0.154. The molecule has 0 saturated heterocycles. The van der Waals surface area contributed by atoms with Gasteiger partial charge >= 0.3 is 18.0 Å². The van der Waals surface area contributed by atoms with Gasteiger partial charge in [0.25, 0.3) is 0 Å². The van der Waals surface area contributed by atoms with E-state index >= 15 is 0 Å². The zero-order valence-electron chi connectivity index (χ0n) is 16.1. The van der Waals surface area contributed by atoms with Crippen LogP contribution in [0.15, 0.2) is 30.3 Å². The van der Waals surface area contributed by atoms with Gasteiger partial charge in [-0.25, -0.2) is 14.4 Å². The van der Waals surface area contributed by atoms with Crippen molar-refractivity contribution in [2.45, 2.75) is 59.0 Å². The molecule has 1 aromatic rings. The van der Waals surface area contributed by atoms with E-state index < -0.39 is 35.8 Å². The summed E-state index contributed by atoms with van der Waals surface area (Å²) in [6, 6.07) is 8.26. The molecule has 0 N–H and O–H groups in total. The van der Waals surface area contributed by atoms with Crippen LogP contribution in [0, 0.1) is 0 Å². The van der Waals surface area contributed by atoms with E-state index in [4.69, 9.17) is 14.2 Å². The molecule has 7 nitrogen and oxygen atoms in total. The summed E-state index contributed by atoms with van der Waals surface area (Å²) in [4.78, 5) is 37.2. The van der Waals surface area contributed by atoms with Gasteiger partial charge in [-0.2, -0.15) is 0 Å². The second kappa shape index (κ2) is 9.22. The van der Waals surface area contributed by atoms with Crippen LogP contribution in [-0.4, -0.2) is 47.7 Å². The lowest BCUT2D eigenvalue weighted by Gasteiger charge is -2.28. The van der Waals surface area contributed by atoms with Crippen LogP contribution >= 0.6 is 0 Å². The second-order valence-corrected chi connectivity index (χ2v) is 6.94. The minimum absolute atomic E-state index is 0.0922. The molecule has 1 unspecified atom stereocenters. The molecule has 1 rings (SSSR count). The Bertz CT molecular complexity index is 623. The van der Waals surface area contributed by atoms with Crippen LogP contribution in [0.25, 0.3) is 0 Å². The van der Waals surface area contributed by atoms with E-state index in [0.29, 0.717) is 0 Å². The zero-order valence-corrected chi connectivity index (χ0v) is 16.1. The Hall–Kier alpha value is -2.57. The van der Waals surface area contributed by atoms with Gasteiger partial charge in [-0.1, -0.05) is 30.3 Å². The number of nitrogens with zero attached hydrogens (tertiary/aromatic N) is 1. The molecule has 0 saturated carbocycles. The third-order valence-electron chi connectivity index (χ3n) is 3.45. The number of amides is 1. The van der Waals surface area contributed by atoms with Crippen LogP contribution in [-0.2, 0) is 30.4 Å². The molecule has 0 radical (unpaired) electrons. The van der Waals surface area contributed by atoms with E-state index in [1.807, 2.05) is 30.3 Å². The maximum atomic E-state index is 12.2. The maximum absolute atomic E-state index is 12.2. The van der Waals surface area contributed by atoms with Gasteiger partial charge in [-0.15, -0.1) is 0 Å². The first-order chi connectivity index (χ1) is 12.0. The predicted molar refractivity (Wildman–Crippen MR) is 95.3 cm³/mol. The van der Waals surface area contributed by atoms with E-state index in [2.05, 4.69) is 0 Å². The molecule has 0 aliphatic carbocycles. The lowest BCUT2D eigenvalue weighted by atomic mass is 10.2. The Morgan fingerprint density at radius 3 is 2.15 bits per heavy atom. The molecule has 26 heavy (non-hydrogen) atoms. The van der Waals surface area contributed by atoms with E-state index in [0.717, 1.165) is 10.5 Å². The van der Waals surface area contributed by atoms with Crippen molar-refractivity contribution in [1.29, 1.82) is 0 Å². The van der Waals surface area contributed by atoms with Crippen LogP contribution in [0.2, 0.25) is 0 Å². The molecule has 0 bridgehead atoms. The molecule has 0 fully saturated rings. The monoisotopic (exact) mass is 365 g/mol. The highest BCUT2D eigenvalue weighted by Crippen LogP contribution is 2.12. The molecule has 0 aromatic heterocycles. The molecule has 0 spiro atoms. The van der Waals surface area contributed by atoms with Crippen molar-refractivity contribution in [2.24, 2.45) is 0 Å². The van der Waals surface area contributed by atoms with E-state index in [1.165, 1.54) is 20.9 Å². The Labute approximate surface area is 154 Å². The van der Waals surface area contributed by atoms with Gasteiger partial charge in [-0.05, 0) is 40.2 Å². The Kier molecular flexibility index (Phi) is 7.61. The minimum Gasteiger partial charge on any atom is -0.458 e. The second-order valence-electron chi connectivity index (χ2n) is 6.94. The fourth-order valence-electron chi connectivity index (χ4n) is 1.82. The number of likely N-dealkylation sites (N-methyl/N-ethyl adjacent to an activating group) is 1. The van der Waals surface area contributed by atoms with Gasteiger partial charge in [0.05, 0.1) is 0 Å². The summed E-state index contributed by atoms with van der Waals surface area (Å²) in [7, 11) is 1.43. The topological polar surface area (TPSA) is 82.1 Å². The van der Waals surface area contributed by atoms with Crippen LogP contribution in [0.4, 0.5) is 4.79 Å². The average Bonchev–Trinajstić information content (AvgIpc) is 2.57. The lowest BCUT2D eigenvalue weighted by molar-refractivity contribution is -0.169. The van der Waals surface area contributed by atoms with Gasteiger partial charge < -0.3 is 14.2 Å². The van der Waals surface area contributed by atoms with E-state index in [9.17, 15) is 14.4 Å². The largest absolute Gasteiger partial charge is 0.458 e. The minimum atomic E-state index is -1.08. The van der Waals surface area contributed by atoms with Crippen molar-refractivity contribution in [3.63, 3.8) is 0 Å². The highest BCUT2D eigenvalue weighted by atomic mass is 16.6. The number of ether oxygens (including phenoxy) is 3. The van der Waals surface area contributed by atoms with Crippen molar-refractivity contribution in [3.05, 3.63) is 35.9 Å². The molecule has 0 heterocycles. The van der Waals surface area contributed by atoms with Crippen molar-refractivity contribution in [3.8, 4) is 0 Å². The highest BCUT2D eigenvalue weighted by molar-refractivity contribution is 5.84. The predicted octanol–water partition coefficient (Wildman–Crippen LogP) is 2.92. The smallest absolute Gasteiger partial charge is 0.410 e. The number of rotatable bonds is 6. The normalized spacial score (nSPS) is 13.3. The van der Waals surface area contributed by atoms with Gasteiger partial charge in [0, 0.05) is 7.05 Å². The molecule has 2 atom stereocenters. The lowest BCUT2D eigenvalue weighted by Crippen LogP contribution is -2.45. The molecule has 0 aliphatic heterocycles. The zero-order chi connectivity index (χ0) is 19.9. The molecular weight excluding hydrogens is 338 g/mol. The Morgan fingerprint density at radius 1 is 1.04 bits per heavy atom. The van der Waals surface area contributed by atoms with Crippen LogP contribution in [0.5, 0.6) is 0 Å². The van der Waals surface area contributed by atoms with Crippen molar-refractivity contribution < 1.29 is 28.6 Å². The third kappa shape index (κ3) is 7.13. The Morgan fingerprint density at radius 2 is 1.62 bits per heavy atom. The first-order valence-corrected chi connectivity index (χ1v) is 8.38. The third-order valence-corrected chi connectivity index (χ3v) is 3.45. The first-order valence-electron chi connectivity index (χ1n) is 8.38. The number of hydrogen-bond donors (Lipinski definition) is 0. The summed E-state index contributed by atoms with van der Waals surface area (Å²) in [6.45, 7) is 8.19. The van der Waals surface area contributed by atoms with Crippen LogP contribution in [0.3, 0.4) is 0 Å². The maximum Gasteiger partial charge on any atom is 0.410 e. The summed E-state index contributed by atoms with van der Waals surface area (Å²) < 4.78 is 15.4. The SMILES string of the molecule is CC(OC(=O)[C@H](C)N(C)C(=O)OC(C)(C)C)C(=O)OCc1ccccc1. The summed E-state index contributed by atoms with van der Waals surface area (Å²) in [6.07, 6.45) is -1.73. The Balaban J connectivity index is 2.51. The molecule has 0 aliphatic rings. The number of carbonyl (C=O) groups excluding carboxylic acids is 3. The first kappa shape index (κ1) is 21.5. The molecule has 7 heteroatoms. The molecule has 144 valence electrons. The van der Waals surface area contributed by atoms with Gasteiger partial charge in [0.15, 0.2) is 6.10 Å². The van der Waals surface area contributed by atoms with Gasteiger partial charge in [0.1, 0.15) is 18.2 Å². The fraction of sp³-hybridized carbons (Fsp3) is 0.526. The number of hydrogen-bond acceptors (Lipinski definition) is 6. The molecule has 1 aromatic carbocycles. The standard InChI is InChI=1S/C19H27NO6/c1-13(20(6)18(23)26-19(3,4)5)16(21)25-14(2)17(22)24-12-15-10-8-7-9-11-15/h7-11,13-14H,12H2,1-6H3/t13-,14?/m0/s1. The molecular formula is C19H27NO6.